The second-order valence-electron chi connectivity index (χ2n) is 6.32. The summed E-state index contributed by atoms with van der Waals surface area (Å²) in [7, 11) is 1.51. The summed E-state index contributed by atoms with van der Waals surface area (Å²) in [6.07, 6.45) is 4.63. The number of carboxylic acid groups (broad SMARTS) is 1. The number of benzene rings is 2. The first-order valence-corrected chi connectivity index (χ1v) is 8.39. The summed E-state index contributed by atoms with van der Waals surface area (Å²) in [5.41, 5.74) is 3.78. The molecule has 2 aromatic rings. The molecular formula is C22H24O4. The molecule has 0 amide bonds. The van der Waals surface area contributed by atoms with Gasteiger partial charge in [0, 0.05) is 5.56 Å². The van der Waals surface area contributed by atoms with E-state index in [0.29, 0.717) is 29.7 Å². The van der Waals surface area contributed by atoms with E-state index in [1.807, 2.05) is 44.2 Å². The zero-order chi connectivity index (χ0) is 19.3. The Labute approximate surface area is 154 Å². The number of carbonyl (C=O) groups is 1. The predicted molar refractivity (Wildman–Crippen MR) is 105 cm³/mol. The third-order valence-corrected chi connectivity index (χ3v) is 4.26. The lowest BCUT2D eigenvalue weighted by Gasteiger charge is -2.15. The second kappa shape index (κ2) is 8.39. The van der Waals surface area contributed by atoms with E-state index in [9.17, 15) is 15.0 Å². The highest BCUT2D eigenvalue weighted by Crippen LogP contribution is 2.36. The molecule has 0 unspecified atom stereocenters. The minimum Gasteiger partial charge on any atom is -0.507 e. The van der Waals surface area contributed by atoms with Crippen LogP contribution < -0.4 is 4.74 Å². The third-order valence-electron chi connectivity index (χ3n) is 4.26. The SMILES string of the molecule is C=C(C)CCc1c(OC)cc(/C=C/c2ccccc2C)c(C(=O)O)c1O. The lowest BCUT2D eigenvalue weighted by atomic mass is 9.96. The van der Waals surface area contributed by atoms with Gasteiger partial charge in [0.2, 0.25) is 0 Å². The molecule has 4 heteroatoms. The number of ether oxygens (including phenoxy) is 1. The summed E-state index contributed by atoms with van der Waals surface area (Å²) >= 11 is 0. The van der Waals surface area contributed by atoms with Crippen LogP contribution in [0.1, 0.15) is 46.0 Å². The van der Waals surface area contributed by atoms with Crippen molar-refractivity contribution < 1.29 is 19.7 Å². The molecular weight excluding hydrogens is 328 g/mol. The fraction of sp³-hybridized carbons (Fsp3) is 0.227. The molecule has 2 N–H and O–H groups in total. The molecule has 0 aromatic heterocycles. The van der Waals surface area contributed by atoms with Crippen LogP contribution in [0.5, 0.6) is 11.5 Å². The van der Waals surface area contributed by atoms with Crippen LogP contribution in [-0.4, -0.2) is 23.3 Å². The number of methoxy groups -OCH3 is 1. The van der Waals surface area contributed by atoms with Gasteiger partial charge in [-0.25, -0.2) is 4.79 Å². The van der Waals surface area contributed by atoms with Gasteiger partial charge in [0.1, 0.15) is 17.1 Å². The van der Waals surface area contributed by atoms with Crippen molar-refractivity contribution in [3.05, 3.63) is 70.3 Å². The first-order chi connectivity index (χ1) is 12.3. The second-order valence-corrected chi connectivity index (χ2v) is 6.32. The van der Waals surface area contributed by atoms with Crippen LogP contribution in [0.2, 0.25) is 0 Å². The first kappa shape index (κ1) is 19.3. The van der Waals surface area contributed by atoms with E-state index >= 15 is 0 Å². The minimum absolute atomic E-state index is 0.118. The van der Waals surface area contributed by atoms with Crippen molar-refractivity contribution in [3.8, 4) is 11.5 Å². The van der Waals surface area contributed by atoms with E-state index in [0.717, 1.165) is 16.7 Å². The molecule has 0 atom stereocenters. The maximum atomic E-state index is 11.8. The smallest absolute Gasteiger partial charge is 0.340 e. The van der Waals surface area contributed by atoms with Crippen molar-refractivity contribution >= 4 is 18.1 Å². The van der Waals surface area contributed by atoms with Crippen LogP contribution in [0.3, 0.4) is 0 Å². The topological polar surface area (TPSA) is 66.8 Å². The number of aromatic carboxylic acids is 1. The highest BCUT2D eigenvalue weighted by atomic mass is 16.5. The maximum absolute atomic E-state index is 11.8. The molecule has 0 aliphatic heterocycles. The number of hydrogen-bond donors (Lipinski definition) is 2. The van der Waals surface area contributed by atoms with E-state index in [4.69, 9.17) is 4.74 Å². The van der Waals surface area contributed by atoms with E-state index in [-0.39, 0.29) is 11.3 Å². The van der Waals surface area contributed by atoms with E-state index in [1.165, 1.54) is 7.11 Å². The molecule has 0 saturated heterocycles. The van der Waals surface area contributed by atoms with Crippen molar-refractivity contribution in [1.29, 1.82) is 0 Å². The van der Waals surface area contributed by atoms with Gasteiger partial charge < -0.3 is 14.9 Å². The van der Waals surface area contributed by atoms with Crippen LogP contribution in [0.15, 0.2) is 42.5 Å². The first-order valence-electron chi connectivity index (χ1n) is 8.39. The quantitative estimate of drug-likeness (QED) is 0.538. The molecule has 136 valence electrons. The Bertz CT molecular complexity index is 863. The standard InChI is InChI=1S/C22H24O4/c1-14(2)9-12-18-19(26-4)13-17(20(21(18)23)22(24)25)11-10-16-8-6-5-7-15(16)3/h5-8,10-11,13,23H,1,9,12H2,2-4H3,(H,24,25)/b11-10+. The van der Waals surface area contributed by atoms with Crippen molar-refractivity contribution in [1.82, 2.24) is 0 Å². The van der Waals surface area contributed by atoms with Gasteiger partial charge in [-0.2, -0.15) is 0 Å². The Morgan fingerprint density at radius 2 is 1.88 bits per heavy atom. The number of phenols is 1. The van der Waals surface area contributed by atoms with E-state index in [1.54, 1.807) is 12.1 Å². The van der Waals surface area contributed by atoms with Crippen molar-refractivity contribution in [3.63, 3.8) is 0 Å². The summed E-state index contributed by atoms with van der Waals surface area (Å²) < 4.78 is 5.39. The summed E-state index contributed by atoms with van der Waals surface area (Å²) in [5, 5.41) is 20.2. The van der Waals surface area contributed by atoms with Gasteiger partial charge >= 0.3 is 5.97 Å². The Hall–Kier alpha value is -3.01. The van der Waals surface area contributed by atoms with Gasteiger partial charge in [0.05, 0.1) is 7.11 Å². The number of aromatic hydroxyl groups is 1. The Morgan fingerprint density at radius 3 is 2.46 bits per heavy atom. The monoisotopic (exact) mass is 352 g/mol. The average Bonchev–Trinajstić information content (AvgIpc) is 2.59. The number of hydrogen-bond acceptors (Lipinski definition) is 3. The van der Waals surface area contributed by atoms with Gasteiger partial charge in [-0.1, -0.05) is 42.0 Å². The number of allylic oxidation sites excluding steroid dienone is 1. The molecule has 2 aromatic carbocycles. The Morgan fingerprint density at radius 1 is 1.23 bits per heavy atom. The number of rotatable bonds is 7. The van der Waals surface area contributed by atoms with E-state index < -0.39 is 5.97 Å². The summed E-state index contributed by atoms with van der Waals surface area (Å²) in [4.78, 5) is 11.8. The van der Waals surface area contributed by atoms with Crippen molar-refractivity contribution in [2.24, 2.45) is 0 Å². The fourth-order valence-corrected chi connectivity index (χ4v) is 2.78. The zero-order valence-corrected chi connectivity index (χ0v) is 15.4. The highest BCUT2D eigenvalue weighted by molar-refractivity contribution is 5.97. The molecule has 0 heterocycles. The van der Waals surface area contributed by atoms with Crippen molar-refractivity contribution in [2.75, 3.05) is 7.11 Å². The summed E-state index contributed by atoms with van der Waals surface area (Å²) in [6.45, 7) is 7.72. The highest BCUT2D eigenvalue weighted by Gasteiger charge is 2.21. The van der Waals surface area contributed by atoms with Gasteiger partial charge in [0.25, 0.3) is 0 Å². The molecule has 0 fully saturated rings. The fourth-order valence-electron chi connectivity index (χ4n) is 2.78. The number of aryl methyl sites for hydroxylation is 1. The Balaban J connectivity index is 2.55. The van der Waals surface area contributed by atoms with Crippen LogP contribution >= 0.6 is 0 Å². The third kappa shape index (κ3) is 4.33. The van der Waals surface area contributed by atoms with Gasteiger partial charge in [-0.3, -0.25) is 0 Å². The van der Waals surface area contributed by atoms with Crippen LogP contribution in [0, 0.1) is 6.92 Å². The number of carboxylic acids is 1. The molecule has 0 aliphatic rings. The normalized spacial score (nSPS) is 10.9. The van der Waals surface area contributed by atoms with Gasteiger partial charge in [0.15, 0.2) is 0 Å². The predicted octanol–water partition coefficient (Wildman–Crippen LogP) is 5.09. The van der Waals surface area contributed by atoms with Gasteiger partial charge in [-0.05, 0) is 49.4 Å². The van der Waals surface area contributed by atoms with Crippen LogP contribution in [0.25, 0.3) is 12.2 Å². The average molecular weight is 352 g/mol. The largest absolute Gasteiger partial charge is 0.507 e. The summed E-state index contributed by atoms with van der Waals surface area (Å²) in [5.74, 6) is -0.952. The minimum atomic E-state index is -1.17. The molecule has 26 heavy (non-hydrogen) atoms. The van der Waals surface area contributed by atoms with Crippen LogP contribution in [0.4, 0.5) is 0 Å². The molecule has 4 nitrogen and oxygen atoms in total. The lowest BCUT2D eigenvalue weighted by Crippen LogP contribution is -2.05. The molecule has 0 saturated carbocycles. The molecule has 2 rings (SSSR count). The maximum Gasteiger partial charge on any atom is 0.340 e. The van der Waals surface area contributed by atoms with Crippen molar-refractivity contribution in [2.45, 2.75) is 26.7 Å². The zero-order valence-electron chi connectivity index (χ0n) is 15.4. The Kier molecular flexibility index (Phi) is 6.23. The van der Waals surface area contributed by atoms with E-state index in [2.05, 4.69) is 6.58 Å². The molecule has 0 aliphatic carbocycles. The molecule has 0 radical (unpaired) electrons. The molecule has 0 spiro atoms. The van der Waals surface area contributed by atoms with Crippen LogP contribution in [-0.2, 0) is 6.42 Å². The summed E-state index contributed by atoms with van der Waals surface area (Å²) in [6, 6.07) is 9.46. The lowest BCUT2D eigenvalue weighted by molar-refractivity contribution is 0.0693. The van der Waals surface area contributed by atoms with Gasteiger partial charge in [-0.15, -0.1) is 6.58 Å². The molecule has 0 bridgehead atoms.